The highest BCUT2D eigenvalue weighted by atomic mass is 35.5. The zero-order valence-corrected chi connectivity index (χ0v) is 8.81. The Bertz CT molecular complexity index is 373. The molecular weight excluding hydrogens is 223 g/mol. The van der Waals surface area contributed by atoms with Crippen molar-refractivity contribution in [3.05, 3.63) is 27.7 Å². The molecule has 0 atom stereocenters. The van der Waals surface area contributed by atoms with E-state index >= 15 is 0 Å². The summed E-state index contributed by atoms with van der Waals surface area (Å²) in [5.74, 6) is 0.452. The van der Waals surface area contributed by atoms with Crippen molar-refractivity contribution in [2.75, 3.05) is 0 Å². The van der Waals surface area contributed by atoms with E-state index in [0.717, 1.165) is 12.8 Å². The highest BCUT2D eigenvalue weighted by Gasteiger charge is 2.25. The molecule has 1 aliphatic carbocycles. The van der Waals surface area contributed by atoms with Crippen LogP contribution in [0.1, 0.15) is 23.2 Å². The van der Waals surface area contributed by atoms with Gasteiger partial charge in [0.05, 0.1) is 16.7 Å². The average molecular weight is 231 g/mol. The van der Waals surface area contributed by atoms with Crippen LogP contribution < -0.4 is 4.74 Å². The van der Waals surface area contributed by atoms with Crippen LogP contribution in [0.3, 0.4) is 0 Å². The summed E-state index contributed by atoms with van der Waals surface area (Å²) in [6, 6.07) is 3.13. The highest BCUT2D eigenvalue weighted by Crippen LogP contribution is 2.36. The fourth-order valence-electron chi connectivity index (χ4n) is 1.14. The van der Waals surface area contributed by atoms with E-state index in [2.05, 4.69) is 0 Å². The minimum Gasteiger partial charge on any atom is -0.488 e. The van der Waals surface area contributed by atoms with Crippen molar-refractivity contribution in [3.63, 3.8) is 0 Å². The van der Waals surface area contributed by atoms with Gasteiger partial charge in [-0.2, -0.15) is 0 Å². The SMILES string of the molecule is O=Cc1cc(Cl)cc(Cl)c1OC1CC1. The second-order valence-corrected chi connectivity index (χ2v) is 4.08. The molecule has 1 aromatic carbocycles. The number of carbonyl (C=O) groups is 1. The van der Waals surface area contributed by atoms with Crippen LogP contribution in [0, 0.1) is 0 Å². The van der Waals surface area contributed by atoms with Crippen LogP contribution in [0.15, 0.2) is 12.1 Å². The summed E-state index contributed by atoms with van der Waals surface area (Å²) in [4.78, 5) is 10.7. The topological polar surface area (TPSA) is 26.3 Å². The van der Waals surface area contributed by atoms with E-state index in [4.69, 9.17) is 27.9 Å². The third kappa shape index (κ3) is 2.02. The van der Waals surface area contributed by atoms with Crippen molar-refractivity contribution in [2.45, 2.75) is 18.9 Å². The van der Waals surface area contributed by atoms with Gasteiger partial charge >= 0.3 is 0 Å². The van der Waals surface area contributed by atoms with Gasteiger partial charge in [0.25, 0.3) is 0 Å². The lowest BCUT2D eigenvalue weighted by Gasteiger charge is -2.09. The Balaban J connectivity index is 2.38. The van der Waals surface area contributed by atoms with Crippen molar-refractivity contribution in [2.24, 2.45) is 0 Å². The summed E-state index contributed by atoms with van der Waals surface area (Å²) in [7, 11) is 0. The summed E-state index contributed by atoms with van der Waals surface area (Å²) in [5.41, 5.74) is 0.411. The number of aldehydes is 1. The van der Waals surface area contributed by atoms with E-state index in [0.29, 0.717) is 27.6 Å². The van der Waals surface area contributed by atoms with E-state index in [1.807, 2.05) is 0 Å². The average Bonchev–Trinajstić information content (AvgIpc) is 2.93. The van der Waals surface area contributed by atoms with Crippen LogP contribution in [-0.4, -0.2) is 12.4 Å². The van der Waals surface area contributed by atoms with Crippen LogP contribution in [-0.2, 0) is 0 Å². The van der Waals surface area contributed by atoms with Crippen LogP contribution in [0.2, 0.25) is 10.0 Å². The Labute approximate surface area is 91.8 Å². The quantitative estimate of drug-likeness (QED) is 0.745. The zero-order valence-electron chi connectivity index (χ0n) is 7.30. The maximum absolute atomic E-state index is 10.7. The van der Waals surface area contributed by atoms with E-state index in [9.17, 15) is 4.79 Å². The summed E-state index contributed by atoms with van der Waals surface area (Å²) < 4.78 is 5.51. The van der Waals surface area contributed by atoms with Gasteiger partial charge in [-0.1, -0.05) is 23.2 Å². The van der Waals surface area contributed by atoms with Gasteiger partial charge in [-0.3, -0.25) is 4.79 Å². The number of benzene rings is 1. The molecule has 1 aliphatic rings. The normalized spacial score (nSPS) is 15.3. The number of rotatable bonds is 3. The number of hydrogen-bond donors (Lipinski definition) is 0. The van der Waals surface area contributed by atoms with Crippen molar-refractivity contribution in [1.82, 2.24) is 0 Å². The molecule has 0 aromatic heterocycles. The van der Waals surface area contributed by atoms with Crippen LogP contribution in [0.5, 0.6) is 5.75 Å². The van der Waals surface area contributed by atoms with E-state index in [1.54, 1.807) is 12.1 Å². The minimum absolute atomic E-state index is 0.215. The molecule has 2 nitrogen and oxygen atoms in total. The van der Waals surface area contributed by atoms with Gasteiger partial charge in [0, 0.05) is 5.02 Å². The van der Waals surface area contributed by atoms with Crippen molar-refractivity contribution >= 4 is 29.5 Å². The molecule has 1 aromatic rings. The number of halogens is 2. The van der Waals surface area contributed by atoms with E-state index in [1.165, 1.54) is 0 Å². The fraction of sp³-hybridized carbons (Fsp3) is 0.300. The Hall–Kier alpha value is -0.730. The summed E-state index contributed by atoms with van der Waals surface area (Å²) >= 11 is 11.7. The van der Waals surface area contributed by atoms with Gasteiger partial charge in [-0.25, -0.2) is 0 Å². The van der Waals surface area contributed by atoms with Crippen molar-refractivity contribution in [3.8, 4) is 5.75 Å². The second kappa shape index (κ2) is 3.79. The molecule has 0 bridgehead atoms. The monoisotopic (exact) mass is 230 g/mol. The molecule has 0 N–H and O–H groups in total. The van der Waals surface area contributed by atoms with Crippen molar-refractivity contribution < 1.29 is 9.53 Å². The molecule has 1 fully saturated rings. The first-order chi connectivity index (χ1) is 6.70. The van der Waals surface area contributed by atoms with Gasteiger partial charge < -0.3 is 4.74 Å². The minimum atomic E-state index is 0.215. The maximum atomic E-state index is 10.7. The molecule has 0 saturated heterocycles. The smallest absolute Gasteiger partial charge is 0.153 e. The Morgan fingerprint density at radius 2 is 2.07 bits per heavy atom. The Morgan fingerprint density at radius 3 is 2.64 bits per heavy atom. The van der Waals surface area contributed by atoms with Gasteiger partial charge in [-0.15, -0.1) is 0 Å². The summed E-state index contributed by atoms with van der Waals surface area (Å²) in [6.45, 7) is 0. The van der Waals surface area contributed by atoms with Gasteiger partial charge in [0.2, 0.25) is 0 Å². The summed E-state index contributed by atoms with van der Waals surface area (Å²) in [5, 5.41) is 0.840. The number of carbonyl (C=O) groups excluding carboxylic acids is 1. The van der Waals surface area contributed by atoms with Gasteiger partial charge in [-0.05, 0) is 25.0 Å². The third-order valence-electron chi connectivity index (χ3n) is 1.97. The predicted octanol–water partition coefficient (Wildman–Crippen LogP) is 3.35. The number of ether oxygens (including phenoxy) is 1. The zero-order chi connectivity index (χ0) is 10.1. The van der Waals surface area contributed by atoms with Crippen LogP contribution in [0.4, 0.5) is 0 Å². The second-order valence-electron chi connectivity index (χ2n) is 3.24. The van der Waals surface area contributed by atoms with E-state index < -0.39 is 0 Å². The van der Waals surface area contributed by atoms with Gasteiger partial charge in [0.1, 0.15) is 5.75 Å². The molecule has 0 aliphatic heterocycles. The molecule has 0 unspecified atom stereocenters. The lowest BCUT2D eigenvalue weighted by molar-refractivity contribution is 0.111. The van der Waals surface area contributed by atoms with Gasteiger partial charge in [0.15, 0.2) is 6.29 Å². The Kier molecular flexibility index (Phi) is 2.66. The standard InChI is InChI=1S/C10H8Cl2O2/c11-7-3-6(5-13)10(9(12)4-7)14-8-1-2-8/h3-5,8H,1-2H2. The molecule has 14 heavy (non-hydrogen) atoms. The molecule has 0 spiro atoms. The molecule has 0 heterocycles. The first kappa shape index (κ1) is 9.81. The molecule has 0 amide bonds. The molecule has 4 heteroatoms. The largest absolute Gasteiger partial charge is 0.488 e. The van der Waals surface area contributed by atoms with Crippen LogP contribution >= 0.6 is 23.2 Å². The number of hydrogen-bond acceptors (Lipinski definition) is 2. The molecule has 1 saturated carbocycles. The predicted molar refractivity (Wildman–Crippen MR) is 55.5 cm³/mol. The maximum Gasteiger partial charge on any atom is 0.153 e. The molecule has 0 radical (unpaired) electrons. The molecule has 2 rings (SSSR count). The first-order valence-corrected chi connectivity index (χ1v) is 5.07. The third-order valence-corrected chi connectivity index (χ3v) is 2.47. The van der Waals surface area contributed by atoms with Crippen molar-refractivity contribution in [1.29, 1.82) is 0 Å². The Morgan fingerprint density at radius 1 is 1.36 bits per heavy atom. The fourth-order valence-corrected chi connectivity index (χ4v) is 1.70. The van der Waals surface area contributed by atoms with E-state index in [-0.39, 0.29) is 6.10 Å². The highest BCUT2D eigenvalue weighted by molar-refractivity contribution is 6.36. The summed E-state index contributed by atoms with van der Waals surface area (Å²) in [6.07, 6.45) is 2.97. The van der Waals surface area contributed by atoms with Crippen LogP contribution in [0.25, 0.3) is 0 Å². The lowest BCUT2D eigenvalue weighted by Crippen LogP contribution is -2.00. The lowest BCUT2D eigenvalue weighted by atomic mass is 10.2. The molecular formula is C10H8Cl2O2. The molecule has 74 valence electrons. The first-order valence-electron chi connectivity index (χ1n) is 4.31.